The molecule has 0 saturated heterocycles. The summed E-state index contributed by atoms with van der Waals surface area (Å²) in [5.41, 5.74) is -0.998. The van der Waals surface area contributed by atoms with Gasteiger partial charge < -0.3 is 10.2 Å². The molecular weight excluding hydrogens is 283 g/mol. The lowest BCUT2D eigenvalue weighted by Gasteiger charge is -2.25. The molecule has 21 heavy (non-hydrogen) atoms. The van der Waals surface area contributed by atoms with Gasteiger partial charge in [0.25, 0.3) is 0 Å². The number of nitrogens with zero attached hydrogens (tertiary/aromatic N) is 4. The SMILES string of the molecule is CNc1nc(N(CCC#N)CC(C)C)cc(C(F)(F)F)n1. The molecule has 0 aliphatic carbocycles. The minimum atomic E-state index is -4.54. The van der Waals surface area contributed by atoms with Gasteiger partial charge in [0.1, 0.15) is 5.82 Å². The molecule has 0 aromatic carbocycles. The summed E-state index contributed by atoms with van der Waals surface area (Å²) >= 11 is 0. The van der Waals surface area contributed by atoms with Crippen molar-refractivity contribution in [3.8, 4) is 6.07 Å². The minimum Gasteiger partial charge on any atom is -0.357 e. The van der Waals surface area contributed by atoms with E-state index in [1.54, 1.807) is 4.90 Å². The third kappa shape index (κ3) is 5.10. The van der Waals surface area contributed by atoms with Crippen molar-refractivity contribution in [3.05, 3.63) is 11.8 Å². The second kappa shape index (κ2) is 7.11. The molecule has 0 fully saturated rings. The maximum atomic E-state index is 12.9. The summed E-state index contributed by atoms with van der Waals surface area (Å²) in [4.78, 5) is 9.16. The molecule has 0 radical (unpaired) electrons. The fourth-order valence-corrected chi connectivity index (χ4v) is 1.78. The first-order chi connectivity index (χ1) is 9.77. The van der Waals surface area contributed by atoms with Gasteiger partial charge in [-0.05, 0) is 5.92 Å². The summed E-state index contributed by atoms with van der Waals surface area (Å²) in [5.74, 6) is 0.308. The van der Waals surface area contributed by atoms with Crippen LogP contribution in [0.15, 0.2) is 6.07 Å². The third-order valence-corrected chi connectivity index (χ3v) is 2.63. The molecule has 1 rings (SSSR count). The van der Waals surface area contributed by atoms with E-state index in [1.165, 1.54) is 7.05 Å². The largest absolute Gasteiger partial charge is 0.433 e. The van der Waals surface area contributed by atoms with Gasteiger partial charge in [0, 0.05) is 26.2 Å². The predicted octanol–water partition coefficient (Wildman–Crippen LogP) is 2.91. The molecule has 1 N–H and O–H groups in total. The molecule has 0 amide bonds. The van der Waals surface area contributed by atoms with E-state index in [2.05, 4.69) is 15.3 Å². The van der Waals surface area contributed by atoms with Crippen LogP contribution in [0, 0.1) is 17.2 Å². The Morgan fingerprint density at radius 3 is 2.52 bits per heavy atom. The lowest BCUT2D eigenvalue weighted by Crippen LogP contribution is -2.30. The van der Waals surface area contributed by atoms with Gasteiger partial charge in [0.15, 0.2) is 5.69 Å². The van der Waals surface area contributed by atoms with Crippen LogP contribution in [-0.2, 0) is 6.18 Å². The van der Waals surface area contributed by atoms with Crippen molar-refractivity contribution in [2.45, 2.75) is 26.4 Å². The fourth-order valence-electron chi connectivity index (χ4n) is 1.78. The number of nitrogens with one attached hydrogen (secondary N) is 1. The van der Waals surface area contributed by atoms with E-state index < -0.39 is 11.9 Å². The van der Waals surface area contributed by atoms with Gasteiger partial charge in [-0.3, -0.25) is 0 Å². The van der Waals surface area contributed by atoms with Crippen LogP contribution in [0.5, 0.6) is 0 Å². The Balaban J connectivity index is 3.19. The maximum absolute atomic E-state index is 12.9. The summed E-state index contributed by atoms with van der Waals surface area (Å²) in [6.07, 6.45) is -4.32. The van der Waals surface area contributed by atoms with Crippen molar-refractivity contribution in [1.29, 1.82) is 5.26 Å². The molecule has 0 bridgehead atoms. The first kappa shape index (κ1) is 17.0. The Labute approximate surface area is 121 Å². The molecular formula is C13H18F3N5. The van der Waals surface area contributed by atoms with Crippen LogP contribution in [0.1, 0.15) is 26.0 Å². The molecule has 0 saturated carbocycles. The predicted molar refractivity (Wildman–Crippen MR) is 73.9 cm³/mol. The first-order valence-corrected chi connectivity index (χ1v) is 6.53. The molecule has 5 nitrogen and oxygen atoms in total. The summed E-state index contributed by atoms with van der Waals surface area (Å²) < 4.78 is 38.6. The van der Waals surface area contributed by atoms with E-state index in [-0.39, 0.29) is 24.1 Å². The van der Waals surface area contributed by atoms with Crippen LogP contribution in [0.25, 0.3) is 0 Å². The van der Waals surface area contributed by atoms with Gasteiger partial charge >= 0.3 is 6.18 Å². The monoisotopic (exact) mass is 301 g/mol. The van der Waals surface area contributed by atoms with Gasteiger partial charge in [-0.2, -0.15) is 23.4 Å². The van der Waals surface area contributed by atoms with Crippen LogP contribution < -0.4 is 10.2 Å². The zero-order valence-electron chi connectivity index (χ0n) is 12.2. The van der Waals surface area contributed by atoms with Crippen molar-refractivity contribution in [3.63, 3.8) is 0 Å². The number of halogens is 3. The molecule has 1 aromatic rings. The third-order valence-electron chi connectivity index (χ3n) is 2.63. The molecule has 0 aliphatic heterocycles. The van der Waals surface area contributed by atoms with E-state index in [0.717, 1.165) is 6.07 Å². The number of nitriles is 1. The van der Waals surface area contributed by atoms with Gasteiger partial charge in [-0.25, -0.2) is 4.98 Å². The topological polar surface area (TPSA) is 64.8 Å². The molecule has 1 heterocycles. The van der Waals surface area contributed by atoms with E-state index in [4.69, 9.17) is 5.26 Å². The summed E-state index contributed by atoms with van der Waals surface area (Å²) in [5, 5.41) is 11.2. The van der Waals surface area contributed by atoms with Crippen molar-refractivity contribution < 1.29 is 13.2 Å². The molecule has 116 valence electrons. The number of hydrogen-bond donors (Lipinski definition) is 1. The first-order valence-electron chi connectivity index (χ1n) is 6.53. The van der Waals surface area contributed by atoms with Crippen LogP contribution in [-0.4, -0.2) is 30.1 Å². The average Bonchev–Trinajstić information content (AvgIpc) is 2.41. The highest BCUT2D eigenvalue weighted by molar-refractivity contribution is 5.45. The number of hydrogen-bond acceptors (Lipinski definition) is 5. The highest BCUT2D eigenvalue weighted by Gasteiger charge is 2.34. The van der Waals surface area contributed by atoms with E-state index >= 15 is 0 Å². The van der Waals surface area contributed by atoms with Crippen molar-refractivity contribution >= 4 is 11.8 Å². The van der Waals surface area contributed by atoms with Crippen LogP contribution in [0.3, 0.4) is 0 Å². The normalized spacial score (nSPS) is 11.3. The van der Waals surface area contributed by atoms with Crippen molar-refractivity contribution in [2.75, 3.05) is 30.4 Å². The maximum Gasteiger partial charge on any atom is 0.433 e. The number of rotatable bonds is 6. The lowest BCUT2D eigenvalue weighted by atomic mass is 10.2. The van der Waals surface area contributed by atoms with Crippen LogP contribution >= 0.6 is 0 Å². The van der Waals surface area contributed by atoms with E-state index in [9.17, 15) is 13.2 Å². The molecule has 8 heteroatoms. The van der Waals surface area contributed by atoms with Crippen molar-refractivity contribution in [1.82, 2.24) is 9.97 Å². The van der Waals surface area contributed by atoms with Crippen LogP contribution in [0.2, 0.25) is 0 Å². The standard InChI is InChI=1S/C13H18F3N5/c1-9(2)8-21(6-4-5-17)11-7-10(13(14,15)16)19-12(18-3)20-11/h7,9H,4,6,8H2,1-3H3,(H,18,19,20). The Hall–Kier alpha value is -2.04. The Morgan fingerprint density at radius 1 is 1.38 bits per heavy atom. The molecule has 0 atom stereocenters. The van der Waals surface area contributed by atoms with Crippen molar-refractivity contribution in [2.24, 2.45) is 5.92 Å². The lowest BCUT2D eigenvalue weighted by molar-refractivity contribution is -0.141. The number of aromatic nitrogens is 2. The fraction of sp³-hybridized carbons (Fsp3) is 0.615. The van der Waals surface area contributed by atoms with E-state index in [1.807, 2.05) is 19.9 Å². The van der Waals surface area contributed by atoms with Gasteiger partial charge in [0.2, 0.25) is 5.95 Å². The highest BCUT2D eigenvalue weighted by Crippen LogP contribution is 2.30. The highest BCUT2D eigenvalue weighted by atomic mass is 19.4. The Bertz CT molecular complexity index is 508. The summed E-state index contributed by atoms with van der Waals surface area (Å²) in [7, 11) is 1.46. The molecule has 0 unspecified atom stereocenters. The molecule has 1 aromatic heterocycles. The minimum absolute atomic E-state index is 0.0921. The Kier molecular flexibility index (Phi) is 5.76. The van der Waals surface area contributed by atoms with Gasteiger partial charge in [-0.15, -0.1) is 0 Å². The smallest absolute Gasteiger partial charge is 0.357 e. The second-order valence-corrected chi connectivity index (χ2v) is 4.93. The Morgan fingerprint density at radius 2 is 2.05 bits per heavy atom. The van der Waals surface area contributed by atoms with Gasteiger partial charge in [-0.1, -0.05) is 13.8 Å². The zero-order chi connectivity index (χ0) is 16.0. The number of alkyl halides is 3. The summed E-state index contributed by atoms with van der Waals surface area (Å²) in [6.45, 7) is 4.74. The molecule has 0 aliphatic rings. The summed E-state index contributed by atoms with van der Waals surface area (Å²) in [6, 6.07) is 2.91. The van der Waals surface area contributed by atoms with E-state index in [0.29, 0.717) is 13.1 Å². The quantitative estimate of drug-likeness (QED) is 0.875. The number of anilines is 2. The second-order valence-electron chi connectivity index (χ2n) is 4.93. The molecule has 0 spiro atoms. The average molecular weight is 301 g/mol. The zero-order valence-corrected chi connectivity index (χ0v) is 12.2. The van der Waals surface area contributed by atoms with Gasteiger partial charge in [0.05, 0.1) is 12.5 Å². The van der Waals surface area contributed by atoms with Crippen LogP contribution in [0.4, 0.5) is 24.9 Å².